The normalized spacial score (nSPS) is 11.5. The molecule has 0 radical (unpaired) electrons. The van der Waals surface area contributed by atoms with Crippen LogP contribution in [0.2, 0.25) is 0 Å². The third kappa shape index (κ3) is 1.01. The van der Waals surface area contributed by atoms with E-state index in [1.807, 2.05) is 35.9 Å². The number of nitrogens with two attached hydrogens (primary N) is 2. The molecule has 15 heavy (non-hydrogen) atoms. The number of benzene rings is 1. The Bertz CT molecular complexity index is 663. The Labute approximate surface area is 86.1 Å². The van der Waals surface area contributed by atoms with Gasteiger partial charge in [0.05, 0.1) is 5.52 Å². The van der Waals surface area contributed by atoms with E-state index in [1.54, 1.807) is 0 Å². The van der Waals surface area contributed by atoms with Crippen molar-refractivity contribution in [1.29, 1.82) is 0 Å². The second kappa shape index (κ2) is 2.48. The van der Waals surface area contributed by atoms with Gasteiger partial charge in [-0.2, -0.15) is 0 Å². The number of hydrogen-bond acceptors (Lipinski definition) is 3. The summed E-state index contributed by atoms with van der Waals surface area (Å²) in [6, 6.07) is 7.74. The largest absolute Gasteiger partial charge is 0.441 e. The summed E-state index contributed by atoms with van der Waals surface area (Å²) in [4.78, 5) is 0. The van der Waals surface area contributed by atoms with Gasteiger partial charge in [0.25, 0.3) is 0 Å². The molecule has 0 atom stereocenters. The van der Waals surface area contributed by atoms with Crippen LogP contribution in [0.25, 0.3) is 21.9 Å². The van der Waals surface area contributed by atoms with Crippen molar-refractivity contribution in [2.45, 2.75) is 0 Å². The van der Waals surface area contributed by atoms with Gasteiger partial charge in [-0.05, 0) is 12.1 Å². The summed E-state index contributed by atoms with van der Waals surface area (Å²) in [6.45, 7) is 0. The minimum absolute atomic E-state index is 0.438. The van der Waals surface area contributed by atoms with Crippen LogP contribution in [-0.4, -0.2) is 4.57 Å². The monoisotopic (exact) mass is 201 g/mol. The molecule has 0 aliphatic carbocycles. The third-order valence-corrected chi connectivity index (χ3v) is 2.74. The zero-order valence-electron chi connectivity index (χ0n) is 8.32. The van der Waals surface area contributed by atoms with Crippen molar-refractivity contribution >= 4 is 33.6 Å². The second-order valence-electron chi connectivity index (χ2n) is 3.73. The van der Waals surface area contributed by atoms with E-state index >= 15 is 0 Å². The van der Waals surface area contributed by atoms with Crippen molar-refractivity contribution in [2.75, 3.05) is 11.5 Å². The Morgan fingerprint density at radius 2 is 1.87 bits per heavy atom. The lowest BCUT2D eigenvalue weighted by Crippen LogP contribution is -1.94. The van der Waals surface area contributed by atoms with Gasteiger partial charge < -0.3 is 20.5 Å². The molecular weight excluding hydrogens is 190 g/mol. The maximum atomic E-state index is 5.82. The first kappa shape index (κ1) is 8.23. The number of fused-ring (bicyclic) bond motifs is 2. The molecule has 4 nitrogen and oxygen atoms in total. The lowest BCUT2D eigenvalue weighted by molar-refractivity contribution is 0.637. The molecule has 0 bridgehead atoms. The topological polar surface area (TPSA) is 70.1 Å². The highest BCUT2D eigenvalue weighted by Crippen LogP contribution is 2.28. The molecule has 0 saturated heterocycles. The van der Waals surface area contributed by atoms with Crippen molar-refractivity contribution in [3.05, 3.63) is 24.3 Å². The molecule has 0 spiro atoms. The molecule has 2 heterocycles. The van der Waals surface area contributed by atoms with Gasteiger partial charge in [0.2, 0.25) is 0 Å². The first-order valence-electron chi connectivity index (χ1n) is 4.69. The van der Waals surface area contributed by atoms with E-state index in [4.69, 9.17) is 15.9 Å². The predicted molar refractivity (Wildman–Crippen MR) is 61.5 cm³/mol. The summed E-state index contributed by atoms with van der Waals surface area (Å²) in [5.74, 6) is 1.18. The van der Waals surface area contributed by atoms with Crippen LogP contribution in [-0.2, 0) is 7.05 Å². The molecule has 4 N–H and O–H groups in total. The average Bonchev–Trinajstić information content (AvgIpc) is 2.65. The standard InChI is InChI=1S/C11H11N3O/c1-14-8-5-9-7(4-11(13)15-9)2-6(8)3-10(14)12/h2-5H,12-13H2,1H3. The number of furan rings is 1. The van der Waals surface area contributed by atoms with Gasteiger partial charge in [-0.1, -0.05) is 0 Å². The zero-order valence-corrected chi connectivity index (χ0v) is 8.32. The molecule has 0 amide bonds. The zero-order chi connectivity index (χ0) is 10.6. The summed E-state index contributed by atoms with van der Waals surface area (Å²) in [7, 11) is 1.93. The number of rotatable bonds is 0. The molecule has 0 aliphatic rings. The SMILES string of the molecule is Cn1c(N)cc2cc3cc(N)oc3cc21. The summed E-state index contributed by atoms with van der Waals surface area (Å²) in [6.07, 6.45) is 0. The smallest absolute Gasteiger partial charge is 0.191 e. The fourth-order valence-corrected chi connectivity index (χ4v) is 1.92. The highest BCUT2D eigenvalue weighted by Gasteiger charge is 2.07. The molecule has 3 rings (SSSR count). The Hall–Kier alpha value is -2.10. The van der Waals surface area contributed by atoms with Crippen LogP contribution in [0.1, 0.15) is 0 Å². The number of aromatic nitrogens is 1. The minimum Gasteiger partial charge on any atom is -0.441 e. The molecule has 1 aromatic carbocycles. The number of aryl methyl sites for hydroxylation is 1. The first-order valence-corrected chi connectivity index (χ1v) is 4.69. The molecule has 0 fully saturated rings. The number of hydrogen-bond donors (Lipinski definition) is 2. The molecule has 76 valence electrons. The van der Waals surface area contributed by atoms with Gasteiger partial charge in [-0.25, -0.2) is 0 Å². The lowest BCUT2D eigenvalue weighted by Gasteiger charge is -1.97. The minimum atomic E-state index is 0.438. The van der Waals surface area contributed by atoms with E-state index in [1.165, 1.54) is 0 Å². The van der Waals surface area contributed by atoms with Crippen molar-refractivity contribution in [3.8, 4) is 0 Å². The average molecular weight is 201 g/mol. The third-order valence-electron chi connectivity index (χ3n) is 2.74. The summed E-state index contributed by atoms with van der Waals surface area (Å²) >= 11 is 0. The number of nitrogens with zero attached hydrogens (tertiary/aromatic N) is 1. The molecule has 2 aromatic heterocycles. The van der Waals surface area contributed by atoms with E-state index in [-0.39, 0.29) is 0 Å². The highest BCUT2D eigenvalue weighted by atomic mass is 16.3. The van der Waals surface area contributed by atoms with Crippen LogP contribution in [0.15, 0.2) is 28.7 Å². The quantitative estimate of drug-likeness (QED) is 0.585. The molecule has 4 heteroatoms. The van der Waals surface area contributed by atoms with Gasteiger partial charge in [0.1, 0.15) is 11.4 Å². The predicted octanol–water partition coefficient (Wildman–Crippen LogP) is 2.09. The highest BCUT2D eigenvalue weighted by molar-refractivity contribution is 5.97. The number of nitrogen functional groups attached to an aromatic ring is 2. The molecule has 0 saturated carbocycles. The molecule has 0 aliphatic heterocycles. The Balaban J connectivity index is 2.51. The van der Waals surface area contributed by atoms with E-state index in [0.717, 1.165) is 27.7 Å². The molecular formula is C11H11N3O. The van der Waals surface area contributed by atoms with Gasteiger partial charge in [0, 0.05) is 30.0 Å². The van der Waals surface area contributed by atoms with Crippen molar-refractivity contribution in [2.24, 2.45) is 7.05 Å². The van der Waals surface area contributed by atoms with Crippen molar-refractivity contribution < 1.29 is 4.42 Å². The van der Waals surface area contributed by atoms with Crippen molar-refractivity contribution in [1.82, 2.24) is 4.57 Å². The fraction of sp³-hybridized carbons (Fsp3) is 0.0909. The Morgan fingerprint density at radius 1 is 1.07 bits per heavy atom. The van der Waals surface area contributed by atoms with Gasteiger partial charge in [-0.3, -0.25) is 0 Å². The van der Waals surface area contributed by atoms with Crippen LogP contribution in [0.4, 0.5) is 11.7 Å². The Kier molecular flexibility index (Phi) is 1.36. The molecule has 3 aromatic rings. The second-order valence-corrected chi connectivity index (χ2v) is 3.73. The van der Waals surface area contributed by atoms with Crippen LogP contribution in [0.3, 0.4) is 0 Å². The van der Waals surface area contributed by atoms with Gasteiger partial charge >= 0.3 is 0 Å². The van der Waals surface area contributed by atoms with E-state index in [0.29, 0.717) is 5.88 Å². The Morgan fingerprint density at radius 3 is 2.67 bits per heavy atom. The summed E-state index contributed by atoms with van der Waals surface area (Å²) in [5, 5.41) is 2.11. The maximum absolute atomic E-state index is 5.82. The van der Waals surface area contributed by atoms with E-state index in [2.05, 4.69) is 0 Å². The maximum Gasteiger partial charge on any atom is 0.191 e. The van der Waals surface area contributed by atoms with Crippen LogP contribution in [0.5, 0.6) is 0 Å². The number of anilines is 2. The lowest BCUT2D eigenvalue weighted by atomic mass is 10.2. The first-order chi connectivity index (χ1) is 7.15. The van der Waals surface area contributed by atoms with Gasteiger partial charge in [-0.15, -0.1) is 0 Å². The van der Waals surface area contributed by atoms with Crippen LogP contribution >= 0.6 is 0 Å². The van der Waals surface area contributed by atoms with Crippen LogP contribution in [0, 0.1) is 0 Å². The fourth-order valence-electron chi connectivity index (χ4n) is 1.92. The van der Waals surface area contributed by atoms with Crippen LogP contribution < -0.4 is 11.5 Å². The summed E-state index contributed by atoms with van der Waals surface area (Å²) in [5.41, 5.74) is 13.3. The van der Waals surface area contributed by atoms with E-state index in [9.17, 15) is 0 Å². The van der Waals surface area contributed by atoms with Crippen molar-refractivity contribution in [3.63, 3.8) is 0 Å². The van der Waals surface area contributed by atoms with E-state index < -0.39 is 0 Å². The summed E-state index contributed by atoms with van der Waals surface area (Å²) < 4.78 is 7.29. The molecule has 0 unspecified atom stereocenters. The van der Waals surface area contributed by atoms with Gasteiger partial charge in [0.15, 0.2) is 5.88 Å².